The molecule has 1 aromatic heterocycles. The number of pyridine rings is 1. The Labute approximate surface area is 101 Å². The normalized spacial score (nSPS) is 11.9. The Hall–Kier alpha value is -1.01. The Morgan fingerprint density at radius 1 is 1.31 bits per heavy atom. The van der Waals surface area contributed by atoms with Gasteiger partial charge in [0, 0.05) is 16.1 Å². The zero-order chi connectivity index (χ0) is 11.8. The van der Waals surface area contributed by atoms with Crippen LogP contribution in [0.1, 0.15) is 5.56 Å². The van der Waals surface area contributed by atoms with Crippen molar-refractivity contribution < 1.29 is 12.3 Å². The molecular weight excluding hydrogens is 297 g/mol. The average Bonchev–Trinajstić information content (AvgIpc) is 2.21. The fraction of sp³-hybridized carbons (Fsp3) is 0.100. The van der Waals surface area contributed by atoms with Crippen LogP contribution < -0.4 is 0 Å². The Morgan fingerprint density at radius 3 is 2.75 bits per heavy atom. The van der Waals surface area contributed by atoms with Crippen molar-refractivity contribution in [1.29, 1.82) is 0 Å². The van der Waals surface area contributed by atoms with Gasteiger partial charge in [-0.15, -0.1) is 3.89 Å². The van der Waals surface area contributed by atoms with Gasteiger partial charge in [-0.2, -0.15) is 8.42 Å². The van der Waals surface area contributed by atoms with E-state index in [0.29, 0.717) is 11.1 Å². The van der Waals surface area contributed by atoms with Crippen molar-refractivity contribution >= 4 is 37.1 Å². The van der Waals surface area contributed by atoms with Crippen LogP contribution in [0.2, 0.25) is 0 Å². The van der Waals surface area contributed by atoms with Crippen molar-refractivity contribution in [2.24, 2.45) is 0 Å². The number of hydrogen-bond donors (Lipinski definition) is 0. The van der Waals surface area contributed by atoms with E-state index in [1.165, 1.54) is 0 Å². The van der Waals surface area contributed by atoms with E-state index in [9.17, 15) is 12.3 Å². The van der Waals surface area contributed by atoms with E-state index in [1.54, 1.807) is 30.5 Å². The molecule has 0 aliphatic rings. The lowest BCUT2D eigenvalue weighted by molar-refractivity contribution is 0.551. The summed E-state index contributed by atoms with van der Waals surface area (Å²) in [5.41, 5.74) is 0.861. The van der Waals surface area contributed by atoms with E-state index in [2.05, 4.69) is 20.9 Å². The highest BCUT2D eigenvalue weighted by Crippen LogP contribution is 2.26. The first-order valence-electron chi connectivity index (χ1n) is 4.42. The fourth-order valence-electron chi connectivity index (χ4n) is 1.50. The summed E-state index contributed by atoms with van der Waals surface area (Å²) in [6, 6.07) is 6.77. The van der Waals surface area contributed by atoms with Crippen LogP contribution in [0.25, 0.3) is 10.9 Å². The first kappa shape index (κ1) is 11.5. The third-order valence-corrected chi connectivity index (χ3v) is 3.48. The lowest BCUT2D eigenvalue weighted by atomic mass is 10.1. The van der Waals surface area contributed by atoms with E-state index < -0.39 is 16.0 Å². The molecule has 1 heterocycles. The predicted octanol–water partition coefficient (Wildman–Crippen LogP) is 2.80. The molecule has 16 heavy (non-hydrogen) atoms. The molecule has 0 atom stereocenters. The zero-order valence-electron chi connectivity index (χ0n) is 8.02. The van der Waals surface area contributed by atoms with Crippen molar-refractivity contribution in [1.82, 2.24) is 4.98 Å². The lowest BCUT2D eigenvalue weighted by Gasteiger charge is -2.04. The quantitative estimate of drug-likeness (QED) is 0.802. The van der Waals surface area contributed by atoms with Gasteiger partial charge < -0.3 is 0 Å². The maximum atomic E-state index is 12.6. The van der Waals surface area contributed by atoms with Crippen LogP contribution in [0, 0.1) is 0 Å². The first-order valence-corrected chi connectivity index (χ1v) is 6.76. The Morgan fingerprint density at radius 2 is 2.06 bits per heavy atom. The molecule has 0 saturated heterocycles. The smallest absolute Gasteiger partial charge is 0.256 e. The van der Waals surface area contributed by atoms with Gasteiger partial charge in [-0.3, -0.25) is 4.98 Å². The maximum absolute atomic E-state index is 12.6. The topological polar surface area (TPSA) is 47.0 Å². The molecule has 0 amide bonds. The molecular formula is C10H7BrFNO2S. The van der Waals surface area contributed by atoms with Crippen LogP contribution in [-0.2, 0) is 16.0 Å². The third-order valence-electron chi connectivity index (χ3n) is 2.13. The molecule has 0 aliphatic heterocycles. The van der Waals surface area contributed by atoms with Gasteiger partial charge in [0.2, 0.25) is 0 Å². The standard InChI is InChI=1S/C10H7BrFNO2S/c11-9-4-3-7(6-16(12,14)15)10-8(9)2-1-5-13-10/h1-5H,6H2. The second-order valence-electron chi connectivity index (χ2n) is 3.29. The number of hydrogen-bond acceptors (Lipinski definition) is 3. The fourth-order valence-corrected chi connectivity index (χ4v) is 2.56. The first-order chi connectivity index (χ1) is 7.47. The summed E-state index contributed by atoms with van der Waals surface area (Å²) in [6.45, 7) is 0. The molecule has 0 fully saturated rings. The van der Waals surface area contributed by atoms with E-state index >= 15 is 0 Å². The van der Waals surface area contributed by atoms with Crippen molar-refractivity contribution in [3.63, 3.8) is 0 Å². The second kappa shape index (κ2) is 4.10. The Balaban J connectivity index is 2.68. The van der Waals surface area contributed by atoms with E-state index in [0.717, 1.165) is 9.86 Å². The Bertz CT molecular complexity index is 642. The maximum Gasteiger partial charge on any atom is 0.306 e. The molecule has 0 unspecified atom stereocenters. The second-order valence-corrected chi connectivity index (χ2v) is 5.51. The van der Waals surface area contributed by atoms with Gasteiger partial charge in [0.05, 0.1) is 5.52 Å². The molecule has 2 rings (SSSR count). The van der Waals surface area contributed by atoms with Gasteiger partial charge >= 0.3 is 10.2 Å². The monoisotopic (exact) mass is 303 g/mol. The van der Waals surface area contributed by atoms with Crippen molar-refractivity contribution in [3.8, 4) is 0 Å². The van der Waals surface area contributed by atoms with Gasteiger partial charge in [0.15, 0.2) is 0 Å². The predicted molar refractivity (Wildman–Crippen MR) is 63.2 cm³/mol. The SMILES string of the molecule is O=S(=O)(F)Cc1ccc(Br)c2cccnc12. The van der Waals surface area contributed by atoms with Crippen molar-refractivity contribution in [3.05, 3.63) is 40.5 Å². The summed E-state index contributed by atoms with van der Waals surface area (Å²) >= 11 is 3.33. The molecule has 0 radical (unpaired) electrons. The zero-order valence-corrected chi connectivity index (χ0v) is 10.4. The number of benzene rings is 1. The number of halogens is 2. The summed E-state index contributed by atoms with van der Waals surface area (Å²) in [4.78, 5) is 4.07. The Kier molecular flexibility index (Phi) is 2.94. The van der Waals surface area contributed by atoms with E-state index in [-0.39, 0.29) is 0 Å². The minimum absolute atomic E-state index is 0.362. The van der Waals surface area contributed by atoms with Crippen LogP contribution in [0.15, 0.2) is 34.9 Å². The largest absolute Gasteiger partial charge is 0.306 e. The molecule has 0 N–H and O–H groups in total. The molecule has 0 saturated carbocycles. The van der Waals surface area contributed by atoms with Crippen LogP contribution in [-0.4, -0.2) is 13.4 Å². The van der Waals surface area contributed by atoms with Crippen LogP contribution in [0.4, 0.5) is 3.89 Å². The van der Waals surface area contributed by atoms with Gasteiger partial charge in [-0.25, -0.2) is 0 Å². The lowest BCUT2D eigenvalue weighted by Crippen LogP contribution is -1.98. The highest BCUT2D eigenvalue weighted by atomic mass is 79.9. The molecule has 0 aliphatic carbocycles. The molecule has 2 aromatic rings. The molecule has 84 valence electrons. The third kappa shape index (κ3) is 2.38. The summed E-state index contributed by atoms with van der Waals surface area (Å²) in [7, 11) is -4.54. The summed E-state index contributed by atoms with van der Waals surface area (Å²) in [5.74, 6) is -0.645. The molecule has 6 heteroatoms. The van der Waals surface area contributed by atoms with Crippen LogP contribution in [0.3, 0.4) is 0 Å². The summed E-state index contributed by atoms with van der Waals surface area (Å²) < 4.78 is 34.7. The average molecular weight is 304 g/mol. The number of fused-ring (bicyclic) bond motifs is 1. The van der Waals surface area contributed by atoms with Crippen LogP contribution in [0.5, 0.6) is 0 Å². The summed E-state index contributed by atoms with van der Waals surface area (Å²) in [5, 5.41) is 0.767. The molecule has 1 aromatic carbocycles. The minimum Gasteiger partial charge on any atom is -0.256 e. The highest BCUT2D eigenvalue weighted by Gasteiger charge is 2.13. The number of aromatic nitrogens is 1. The number of rotatable bonds is 2. The summed E-state index contributed by atoms with van der Waals surface area (Å²) in [6.07, 6.45) is 1.54. The van der Waals surface area contributed by atoms with Gasteiger partial charge in [0.25, 0.3) is 0 Å². The molecule has 3 nitrogen and oxygen atoms in total. The van der Waals surface area contributed by atoms with Crippen molar-refractivity contribution in [2.75, 3.05) is 0 Å². The van der Waals surface area contributed by atoms with E-state index in [4.69, 9.17) is 0 Å². The van der Waals surface area contributed by atoms with Crippen LogP contribution >= 0.6 is 15.9 Å². The van der Waals surface area contributed by atoms with Crippen molar-refractivity contribution in [2.45, 2.75) is 5.75 Å². The molecule has 0 bridgehead atoms. The number of nitrogens with zero attached hydrogens (tertiary/aromatic N) is 1. The van der Waals surface area contributed by atoms with Gasteiger partial charge in [0.1, 0.15) is 5.75 Å². The highest BCUT2D eigenvalue weighted by molar-refractivity contribution is 9.10. The molecule has 0 spiro atoms. The van der Waals surface area contributed by atoms with Gasteiger partial charge in [-0.05, 0) is 17.7 Å². The minimum atomic E-state index is -4.54. The van der Waals surface area contributed by atoms with E-state index in [1.807, 2.05) is 0 Å². The van der Waals surface area contributed by atoms with Gasteiger partial charge in [-0.1, -0.05) is 28.1 Å².